The molecule has 0 bridgehead atoms. The number of sulfonamides is 1. The molecule has 1 N–H and O–H groups in total. The molecule has 112 valence electrons. The number of hydrogen-bond donors (Lipinski definition) is 1. The molecule has 1 saturated heterocycles. The van der Waals surface area contributed by atoms with Crippen LogP contribution in [0, 0.1) is 0 Å². The minimum absolute atomic E-state index is 0.346. The third-order valence-electron chi connectivity index (χ3n) is 3.51. The molecule has 7 heteroatoms. The van der Waals surface area contributed by atoms with Crippen LogP contribution in [0.25, 0.3) is 0 Å². The fourth-order valence-corrected chi connectivity index (χ4v) is 3.78. The number of hydrogen-bond acceptors (Lipinski definition) is 3. The monoisotopic (exact) mass is 380 g/mol. The molecular weight excluding hydrogens is 364 g/mol. The lowest BCUT2D eigenvalue weighted by molar-refractivity contribution is 0.290. The van der Waals surface area contributed by atoms with Gasteiger partial charge in [-0.15, -0.1) is 0 Å². The molecule has 0 unspecified atom stereocenters. The van der Waals surface area contributed by atoms with Crippen LogP contribution in [0.15, 0.2) is 22.7 Å². The Kier molecular flexibility index (Phi) is 5.48. The molecule has 1 heterocycles. The summed E-state index contributed by atoms with van der Waals surface area (Å²) >= 11 is 9.49. The Morgan fingerprint density at radius 2 is 2.05 bits per heavy atom. The smallest absolute Gasteiger partial charge is 0.211 e. The minimum Gasteiger partial charge on any atom is -0.310 e. The standard InChI is InChI=1S/C13H18BrClN2O2S/c1-20(18,19)17-6-4-12(5-7-17)16-9-10-8-11(15)2-3-13(10)14/h2-3,8,12,16H,4-7,9H2,1H3. The molecule has 0 spiro atoms. The van der Waals surface area contributed by atoms with Gasteiger partial charge >= 0.3 is 0 Å². The fraction of sp³-hybridized carbons (Fsp3) is 0.538. The van der Waals surface area contributed by atoms with E-state index in [4.69, 9.17) is 11.6 Å². The van der Waals surface area contributed by atoms with Gasteiger partial charge in [-0.3, -0.25) is 0 Å². The largest absolute Gasteiger partial charge is 0.310 e. The van der Waals surface area contributed by atoms with Crippen molar-refractivity contribution >= 4 is 37.6 Å². The summed E-state index contributed by atoms with van der Waals surface area (Å²) in [5.74, 6) is 0. The van der Waals surface area contributed by atoms with Crippen LogP contribution in [-0.2, 0) is 16.6 Å². The topological polar surface area (TPSA) is 49.4 Å². The van der Waals surface area contributed by atoms with Gasteiger partial charge in [0.1, 0.15) is 0 Å². The molecule has 0 atom stereocenters. The van der Waals surface area contributed by atoms with Crippen molar-refractivity contribution in [1.82, 2.24) is 9.62 Å². The zero-order chi connectivity index (χ0) is 14.8. The summed E-state index contributed by atoms with van der Waals surface area (Å²) in [6.45, 7) is 1.91. The van der Waals surface area contributed by atoms with Gasteiger partial charge in [-0.1, -0.05) is 27.5 Å². The van der Waals surface area contributed by atoms with Crippen molar-refractivity contribution in [2.24, 2.45) is 0 Å². The van der Waals surface area contributed by atoms with E-state index in [1.165, 1.54) is 6.26 Å². The van der Waals surface area contributed by atoms with E-state index in [0.717, 1.165) is 34.4 Å². The van der Waals surface area contributed by atoms with Crippen LogP contribution in [0.1, 0.15) is 18.4 Å². The zero-order valence-corrected chi connectivity index (χ0v) is 14.4. The molecule has 1 aliphatic heterocycles. The van der Waals surface area contributed by atoms with Gasteiger partial charge in [-0.25, -0.2) is 12.7 Å². The van der Waals surface area contributed by atoms with E-state index >= 15 is 0 Å². The predicted molar refractivity (Wildman–Crippen MR) is 85.4 cm³/mol. The third-order valence-corrected chi connectivity index (χ3v) is 5.82. The maximum absolute atomic E-state index is 11.4. The summed E-state index contributed by atoms with van der Waals surface area (Å²) in [4.78, 5) is 0. The summed E-state index contributed by atoms with van der Waals surface area (Å²) in [7, 11) is -3.05. The molecule has 1 aromatic rings. The molecule has 1 aliphatic rings. The van der Waals surface area contributed by atoms with Crippen LogP contribution in [0.2, 0.25) is 5.02 Å². The number of nitrogens with zero attached hydrogens (tertiary/aromatic N) is 1. The molecule has 0 radical (unpaired) electrons. The Morgan fingerprint density at radius 3 is 2.65 bits per heavy atom. The SMILES string of the molecule is CS(=O)(=O)N1CCC(NCc2cc(Cl)ccc2Br)CC1. The summed E-state index contributed by atoms with van der Waals surface area (Å²) in [6, 6.07) is 6.06. The van der Waals surface area contributed by atoms with E-state index in [9.17, 15) is 8.42 Å². The molecule has 1 fully saturated rings. The van der Waals surface area contributed by atoms with Gasteiger partial charge in [-0.05, 0) is 36.6 Å². The molecule has 1 aromatic carbocycles. The highest BCUT2D eigenvalue weighted by Crippen LogP contribution is 2.22. The molecule has 0 aliphatic carbocycles. The van der Waals surface area contributed by atoms with Crippen molar-refractivity contribution in [3.05, 3.63) is 33.3 Å². The average molecular weight is 382 g/mol. The highest BCUT2D eigenvalue weighted by molar-refractivity contribution is 9.10. The van der Waals surface area contributed by atoms with Crippen LogP contribution >= 0.6 is 27.5 Å². The van der Waals surface area contributed by atoms with E-state index < -0.39 is 10.0 Å². The molecule has 2 rings (SSSR count). The van der Waals surface area contributed by atoms with Crippen LogP contribution in [0.4, 0.5) is 0 Å². The van der Waals surface area contributed by atoms with E-state index in [1.54, 1.807) is 4.31 Å². The number of rotatable bonds is 4. The van der Waals surface area contributed by atoms with E-state index in [0.29, 0.717) is 19.1 Å². The first-order valence-corrected chi connectivity index (χ1v) is 9.50. The molecule has 0 aromatic heterocycles. The van der Waals surface area contributed by atoms with E-state index in [2.05, 4.69) is 21.2 Å². The predicted octanol–water partition coefficient (Wildman–Crippen LogP) is 2.62. The highest BCUT2D eigenvalue weighted by Gasteiger charge is 2.24. The normalized spacial score (nSPS) is 18.4. The summed E-state index contributed by atoms with van der Waals surface area (Å²) in [5.41, 5.74) is 1.11. The van der Waals surface area contributed by atoms with Crippen molar-refractivity contribution in [2.75, 3.05) is 19.3 Å². The first-order chi connectivity index (χ1) is 9.36. The van der Waals surface area contributed by atoms with Crippen molar-refractivity contribution in [1.29, 1.82) is 0 Å². The van der Waals surface area contributed by atoms with Gasteiger partial charge in [0, 0.05) is 35.2 Å². The zero-order valence-electron chi connectivity index (χ0n) is 11.3. The lowest BCUT2D eigenvalue weighted by Gasteiger charge is -2.30. The lowest BCUT2D eigenvalue weighted by Crippen LogP contribution is -2.44. The number of benzene rings is 1. The number of piperidine rings is 1. The van der Waals surface area contributed by atoms with E-state index in [-0.39, 0.29) is 0 Å². The third kappa shape index (κ3) is 4.43. The highest BCUT2D eigenvalue weighted by atomic mass is 79.9. The van der Waals surface area contributed by atoms with Gasteiger partial charge in [0.2, 0.25) is 10.0 Å². The van der Waals surface area contributed by atoms with Gasteiger partial charge < -0.3 is 5.32 Å². The molecule has 0 saturated carbocycles. The first kappa shape index (κ1) is 16.2. The van der Waals surface area contributed by atoms with Crippen LogP contribution < -0.4 is 5.32 Å². The van der Waals surface area contributed by atoms with Gasteiger partial charge in [0.05, 0.1) is 6.26 Å². The second kappa shape index (κ2) is 6.75. The second-order valence-corrected chi connectivity index (χ2v) is 8.33. The molecule has 4 nitrogen and oxygen atoms in total. The Bertz CT molecular complexity index is 572. The Balaban J connectivity index is 1.86. The maximum Gasteiger partial charge on any atom is 0.211 e. The number of nitrogens with one attached hydrogen (secondary N) is 1. The van der Waals surface area contributed by atoms with Gasteiger partial charge in [-0.2, -0.15) is 0 Å². The molecule has 0 amide bonds. The van der Waals surface area contributed by atoms with Crippen molar-refractivity contribution < 1.29 is 8.42 Å². The summed E-state index contributed by atoms with van der Waals surface area (Å²) in [5, 5.41) is 4.19. The second-order valence-electron chi connectivity index (χ2n) is 5.05. The Labute approximate surface area is 133 Å². The Hall–Kier alpha value is -0.140. The Morgan fingerprint density at radius 1 is 1.40 bits per heavy atom. The summed E-state index contributed by atoms with van der Waals surface area (Å²) in [6.07, 6.45) is 2.94. The fourth-order valence-electron chi connectivity index (χ4n) is 2.32. The molecule has 20 heavy (non-hydrogen) atoms. The van der Waals surface area contributed by atoms with E-state index in [1.807, 2.05) is 18.2 Å². The number of halogens is 2. The maximum atomic E-state index is 11.4. The molecular formula is C13H18BrClN2O2S. The quantitative estimate of drug-likeness (QED) is 0.872. The lowest BCUT2D eigenvalue weighted by atomic mass is 10.1. The van der Waals surface area contributed by atoms with Gasteiger partial charge in [0.25, 0.3) is 0 Å². The van der Waals surface area contributed by atoms with Crippen molar-refractivity contribution in [2.45, 2.75) is 25.4 Å². The van der Waals surface area contributed by atoms with Crippen LogP contribution in [0.3, 0.4) is 0 Å². The van der Waals surface area contributed by atoms with Gasteiger partial charge in [0.15, 0.2) is 0 Å². The summed E-state index contributed by atoms with van der Waals surface area (Å²) < 4.78 is 25.5. The average Bonchev–Trinajstić information content (AvgIpc) is 2.39. The minimum atomic E-state index is -3.05. The van der Waals surface area contributed by atoms with Crippen molar-refractivity contribution in [3.8, 4) is 0 Å². The van der Waals surface area contributed by atoms with Crippen LogP contribution in [0.5, 0.6) is 0 Å². The van der Waals surface area contributed by atoms with Crippen LogP contribution in [-0.4, -0.2) is 38.1 Å². The van der Waals surface area contributed by atoms with Crippen molar-refractivity contribution in [3.63, 3.8) is 0 Å². The first-order valence-electron chi connectivity index (χ1n) is 6.48.